The van der Waals surface area contributed by atoms with Crippen molar-refractivity contribution in [3.8, 4) is 11.3 Å². The van der Waals surface area contributed by atoms with Crippen LogP contribution in [-0.2, 0) is 6.54 Å². The number of aliphatic hydroxyl groups is 1. The van der Waals surface area contributed by atoms with Gasteiger partial charge in [0.2, 0.25) is 0 Å². The molecule has 120 valence electrons. The SMILES string of the molecule is Cc1c(-c2ccccc2F)[nH]c2ccc(CNC(C)CO)cc12. The van der Waals surface area contributed by atoms with E-state index in [1.54, 1.807) is 12.1 Å². The van der Waals surface area contributed by atoms with Crippen LogP contribution in [0.1, 0.15) is 18.1 Å². The fourth-order valence-electron chi connectivity index (χ4n) is 2.77. The Morgan fingerprint density at radius 3 is 2.74 bits per heavy atom. The molecule has 4 heteroatoms. The van der Waals surface area contributed by atoms with Gasteiger partial charge in [0.25, 0.3) is 0 Å². The fourth-order valence-corrected chi connectivity index (χ4v) is 2.77. The molecule has 1 unspecified atom stereocenters. The monoisotopic (exact) mass is 312 g/mol. The standard InChI is InChI=1S/C19H21FN2O/c1-12(11-23)21-10-14-7-8-18-16(9-14)13(2)19(22-18)15-5-3-4-6-17(15)20/h3-9,12,21-23H,10-11H2,1-2H3. The van der Waals surface area contributed by atoms with Gasteiger partial charge in [-0.25, -0.2) is 4.39 Å². The summed E-state index contributed by atoms with van der Waals surface area (Å²) in [5.41, 5.74) is 4.60. The Hall–Kier alpha value is -2.17. The highest BCUT2D eigenvalue weighted by molar-refractivity contribution is 5.91. The number of fused-ring (bicyclic) bond motifs is 1. The number of aromatic nitrogens is 1. The molecule has 0 amide bonds. The molecular formula is C19H21FN2O. The fraction of sp³-hybridized carbons (Fsp3) is 0.263. The Morgan fingerprint density at radius 1 is 1.22 bits per heavy atom. The van der Waals surface area contributed by atoms with Crippen molar-refractivity contribution in [2.75, 3.05) is 6.61 Å². The molecule has 1 heterocycles. The van der Waals surface area contributed by atoms with Crippen LogP contribution in [0.25, 0.3) is 22.2 Å². The van der Waals surface area contributed by atoms with Crippen LogP contribution in [-0.4, -0.2) is 22.7 Å². The van der Waals surface area contributed by atoms with E-state index in [4.69, 9.17) is 5.11 Å². The van der Waals surface area contributed by atoms with Crippen LogP contribution in [0.4, 0.5) is 4.39 Å². The van der Waals surface area contributed by atoms with E-state index < -0.39 is 0 Å². The summed E-state index contributed by atoms with van der Waals surface area (Å²) in [6.07, 6.45) is 0. The van der Waals surface area contributed by atoms with Crippen LogP contribution >= 0.6 is 0 Å². The molecule has 0 fully saturated rings. The van der Waals surface area contributed by atoms with Gasteiger partial charge in [0.1, 0.15) is 5.82 Å². The molecule has 3 aromatic rings. The molecule has 0 bridgehead atoms. The van der Waals surface area contributed by atoms with Gasteiger partial charge in [-0.15, -0.1) is 0 Å². The van der Waals surface area contributed by atoms with Crippen molar-refractivity contribution >= 4 is 10.9 Å². The minimum Gasteiger partial charge on any atom is -0.395 e. The summed E-state index contributed by atoms with van der Waals surface area (Å²) in [5, 5.41) is 13.4. The first-order valence-electron chi connectivity index (χ1n) is 7.80. The molecule has 1 aromatic heterocycles. The molecule has 0 aliphatic heterocycles. The van der Waals surface area contributed by atoms with Crippen molar-refractivity contribution in [3.63, 3.8) is 0 Å². The first kappa shape index (κ1) is 15.7. The Kier molecular flexibility index (Phi) is 4.46. The van der Waals surface area contributed by atoms with E-state index in [-0.39, 0.29) is 18.5 Å². The summed E-state index contributed by atoms with van der Waals surface area (Å²) in [5.74, 6) is -0.221. The number of hydrogen-bond acceptors (Lipinski definition) is 2. The van der Waals surface area contributed by atoms with Crippen LogP contribution < -0.4 is 5.32 Å². The minimum atomic E-state index is -0.221. The summed E-state index contributed by atoms with van der Waals surface area (Å²) in [7, 11) is 0. The highest BCUT2D eigenvalue weighted by Crippen LogP contribution is 2.31. The molecule has 23 heavy (non-hydrogen) atoms. The third kappa shape index (κ3) is 3.14. The molecule has 2 aromatic carbocycles. The molecule has 3 rings (SSSR count). The van der Waals surface area contributed by atoms with Crippen LogP contribution in [0.5, 0.6) is 0 Å². The van der Waals surface area contributed by atoms with Gasteiger partial charge in [-0.1, -0.05) is 18.2 Å². The molecular weight excluding hydrogens is 291 g/mol. The van der Waals surface area contributed by atoms with Crippen LogP contribution in [0.2, 0.25) is 0 Å². The maximum atomic E-state index is 14.1. The lowest BCUT2D eigenvalue weighted by molar-refractivity contribution is 0.251. The molecule has 3 N–H and O–H groups in total. The van der Waals surface area contributed by atoms with E-state index in [0.29, 0.717) is 12.1 Å². The zero-order valence-electron chi connectivity index (χ0n) is 13.4. The third-order valence-electron chi connectivity index (χ3n) is 4.19. The molecule has 3 nitrogen and oxygen atoms in total. The van der Waals surface area contributed by atoms with E-state index in [1.807, 2.05) is 32.0 Å². The maximum Gasteiger partial charge on any atom is 0.132 e. The average Bonchev–Trinajstić information content (AvgIpc) is 2.89. The van der Waals surface area contributed by atoms with Gasteiger partial charge in [0.15, 0.2) is 0 Å². The van der Waals surface area contributed by atoms with Crippen LogP contribution in [0.15, 0.2) is 42.5 Å². The molecule has 0 radical (unpaired) electrons. The van der Waals surface area contributed by atoms with Gasteiger partial charge >= 0.3 is 0 Å². The van der Waals surface area contributed by atoms with Crippen molar-refractivity contribution in [1.29, 1.82) is 0 Å². The van der Waals surface area contributed by atoms with E-state index in [1.165, 1.54) is 6.07 Å². The number of rotatable bonds is 5. The number of halogens is 1. The minimum absolute atomic E-state index is 0.0620. The lowest BCUT2D eigenvalue weighted by Crippen LogP contribution is -2.28. The van der Waals surface area contributed by atoms with Gasteiger partial charge in [0.05, 0.1) is 12.3 Å². The number of aryl methyl sites for hydroxylation is 1. The van der Waals surface area contributed by atoms with Crippen molar-refractivity contribution < 1.29 is 9.50 Å². The van der Waals surface area contributed by atoms with Crippen molar-refractivity contribution in [1.82, 2.24) is 10.3 Å². The molecule has 0 spiro atoms. The normalized spacial score (nSPS) is 12.7. The largest absolute Gasteiger partial charge is 0.395 e. The molecule has 0 aliphatic carbocycles. The van der Waals surface area contributed by atoms with E-state index in [0.717, 1.165) is 27.7 Å². The zero-order chi connectivity index (χ0) is 16.4. The lowest BCUT2D eigenvalue weighted by atomic mass is 10.0. The van der Waals surface area contributed by atoms with Crippen molar-refractivity contribution in [2.45, 2.75) is 26.4 Å². The average molecular weight is 312 g/mol. The predicted octanol–water partition coefficient (Wildman–Crippen LogP) is 3.75. The zero-order valence-corrected chi connectivity index (χ0v) is 13.4. The van der Waals surface area contributed by atoms with E-state index >= 15 is 0 Å². The summed E-state index contributed by atoms with van der Waals surface area (Å²) >= 11 is 0. The number of hydrogen-bond donors (Lipinski definition) is 3. The Morgan fingerprint density at radius 2 is 2.00 bits per heavy atom. The molecule has 1 atom stereocenters. The van der Waals surface area contributed by atoms with E-state index in [2.05, 4.69) is 16.4 Å². The quantitative estimate of drug-likeness (QED) is 0.672. The topological polar surface area (TPSA) is 48.0 Å². The third-order valence-corrected chi connectivity index (χ3v) is 4.19. The highest BCUT2D eigenvalue weighted by atomic mass is 19.1. The van der Waals surface area contributed by atoms with Gasteiger partial charge in [0, 0.05) is 29.1 Å². The smallest absolute Gasteiger partial charge is 0.132 e. The van der Waals surface area contributed by atoms with Gasteiger partial charge in [-0.05, 0) is 49.2 Å². The molecule has 0 saturated heterocycles. The van der Waals surface area contributed by atoms with Crippen LogP contribution in [0.3, 0.4) is 0 Å². The Labute approximate surface area is 135 Å². The van der Waals surface area contributed by atoms with E-state index in [9.17, 15) is 4.39 Å². The number of benzene rings is 2. The van der Waals surface area contributed by atoms with Crippen molar-refractivity contribution in [3.05, 3.63) is 59.4 Å². The molecule has 0 aliphatic rings. The maximum absolute atomic E-state index is 14.1. The number of aromatic amines is 1. The first-order chi connectivity index (χ1) is 11.1. The first-order valence-corrected chi connectivity index (χ1v) is 7.80. The highest BCUT2D eigenvalue weighted by Gasteiger charge is 2.13. The second kappa shape index (κ2) is 6.52. The van der Waals surface area contributed by atoms with Gasteiger partial charge in [-0.2, -0.15) is 0 Å². The van der Waals surface area contributed by atoms with Crippen LogP contribution in [0, 0.1) is 12.7 Å². The summed E-state index contributed by atoms with van der Waals surface area (Å²) in [4.78, 5) is 3.32. The number of aliphatic hydroxyl groups excluding tert-OH is 1. The second-order valence-electron chi connectivity index (χ2n) is 5.95. The summed E-state index contributed by atoms with van der Waals surface area (Å²) in [6, 6.07) is 13.0. The van der Waals surface area contributed by atoms with Gasteiger partial charge < -0.3 is 15.4 Å². The number of nitrogens with one attached hydrogen (secondary N) is 2. The second-order valence-corrected chi connectivity index (χ2v) is 5.95. The summed E-state index contributed by atoms with van der Waals surface area (Å²) in [6.45, 7) is 4.75. The Balaban J connectivity index is 1.98. The Bertz CT molecular complexity index is 825. The summed E-state index contributed by atoms with van der Waals surface area (Å²) < 4.78 is 14.1. The molecule has 0 saturated carbocycles. The lowest BCUT2D eigenvalue weighted by Gasteiger charge is -2.10. The number of H-pyrrole nitrogens is 1. The van der Waals surface area contributed by atoms with Crippen molar-refractivity contribution in [2.24, 2.45) is 0 Å². The van der Waals surface area contributed by atoms with Gasteiger partial charge in [-0.3, -0.25) is 0 Å². The predicted molar refractivity (Wildman–Crippen MR) is 91.8 cm³/mol.